The molecule has 10 nitrogen and oxygen atoms in total. The first-order valence-corrected chi connectivity index (χ1v) is 13.1. The van der Waals surface area contributed by atoms with Gasteiger partial charge >= 0.3 is 6.09 Å². The molecular formula is C29H32N6O4. The van der Waals surface area contributed by atoms with E-state index in [2.05, 4.69) is 30.7 Å². The van der Waals surface area contributed by atoms with Crippen LogP contribution in [0, 0.1) is 0 Å². The van der Waals surface area contributed by atoms with E-state index in [1.807, 2.05) is 30.4 Å². The zero-order valence-electron chi connectivity index (χ0n) is 21.8. The highest BCUT2D eigenvalue weighted by Crippen LogP contribution is 2.32. The fourth-order valence-corrected chi connectivity index (χ4v) is 5.03. The van der Waals surface area contributed by atoms with Crippen molar-refractivity contribution in [3.8, 4) is 11.3 Å². The molecule has 2 aliphatic rings. The molecule has 0 unspecified atom stereocenters. The molecule has 5 rings (SSSR count). The summed E-state index contributed by atoms with van der Waals surface area (Å²) in [7, 11) is 1.28. The third-order valence-electron chi connectivity index (χ3n) is 7.09. The summed E-state index contributed by atoms with van der Waals surface area (Å²) in [5, 5.41) is 8.67. The number of carbonyl (C=O) groups is 3. The number of aromatic amines is 1. The minimum atomic E-state index is -0.611. The fraction of sp³-hybridized carbons (Fsp3) is 0.310. The Bertz CT molecular complexity index is 1430. The maximum absolute atomic E-state index is 13.3. The Kier molecular flexibility index (Phi) is 7.74. The molecule has 1 aliphatic heterocycles. The number of fused-ring (bicyclic) bond motifs is 5. The molecule has 6 N–H and O–H groups in total. The van der Waals surface area contributed by atoms with Crippen molar-refractivity contribution < 1.29 is 19.1 Å². The quantitative estimate of drug-likeness (QED) is 0.310. The van der Waals surface area contributed by atoms with E-state index in [9.17, 15) is 14.4 Å². The van der Waals surface area contributed by atoms with Gasteiger partial charge in [0.15, 0.2) is 0 Å². The number of aryl methyl sites for hydroxylation is 1. The Morgan fingerprint density at radius 1 is 1.13 bits per heavy atom. The highest BCUT2D eigenvalue weighted by atomic mass is 16.5. The smallest absolute Gasteiger partial charge is 0.411 e. The number of hydrogen-bond donors (Lipinski definition) is 5. The Hall–Kier alpha value is -4.44. The molecule has 202 valence electrons. The summed E-state index contributed by atoms with van der Waals surface area (Å²) in [6, 6.07) is 10.5. The van der Waals surface area contributed by atoms with E-state index in [1.165, 1.54) is 7.11 Å². The summed E-state index contributed by atoms with van der Waals surface area (Å²) in [6.07, 6.45) is 9.16. The maximum atomic E-state index is 13.3. The lowest BCUT2D eigenvalue weighted by molar-refractivity contribution is -0.116. The number of hydrogen-bond acceptors (Lipinski definition) is 6. The average Bonchev–Trinajstić information content (AvgIpc) is 3.42. The summed E-state index contributed by atoms with van der Waals surface area (Å²) >= 11 is 0. The minimum Gasteiger partial charge on any atom is -0.453 e. The van der Waals surface area contributed by atoms with E-state index in [0.717, 1.165) is 30.4 Å². The SMILES string of the molecule is COC(=O)Nc1ccc2c(c1)NC(=O)CC/C=C/C[C@H](NC(=O)c1ccc3c(c1)CCC[C@@H]3N)c1ncc-2[nH]1. The Morgan fingerprint density at radius 2 is 2.00 bits per heavy atom. The number of nitrogens with two attached hydrogens (primary N) is 1. The highest BCUT2D eigenvalue weighted by Gasteiger charge is 2.22. The average molecular weight is 529 g/mol. The van der Waals surface area contributed by atoms with Crippen molar-refractivity contribution in [1.82, 2.24) is 15.3 Å². The largest absolute Gasteiger partial charge is 0.453 e. The van der Waals surface area contributed by atoms with Gasteiger partial charge in [-0.3, -0.25) is 14.9 Å². The standard InChI is InChI=1S/C29H32N6O4/c1-39-29(38)32-19-11-13-21-24(15-19)33-26(36)9-4-2-3-8-23(27-31-16-25(21)34-27)35-28(37)18-10-12-20-17(14-18)6-5-7-22(20)30/h2-3,10-16,22-23H,4-9,30H2,1H3,(H,31,34)(H,32,38)(H,33,36)(H,35,37)/b3-2+/t22-,23-/m0/s1. The first kappa shape index (κ1) is 26.2. The number of carbonyl (C=O) groups excluding carboxylic acids is 3. The summed E-state index contributed by atoms with van der Waals surface area (Å²) in [5.41, 5.74) is 11.4. The van der Waals surface area contributed by atoms with Gasteiger partial charge in [-0.2, -0.15) is 0 Å². The van der Waals surface area contributed by atoms with Crippen LogP contribution in [0.25, 0.3) is 11.3 Å². The lowest BCUT2D eigenvalue weighted by Gasteiger charge is -2.23. The summed E-state index contributed by atoms with van der Waals surface area (Å²) in [6.45, 7) is 0. The van der Waals surface area contributed by atoms with Gasteiger partial charge in [0.25, 0.3) is 5.91 Å². The predicted octanol–water partition coefficient (Wildman–Crippen LogP) is 4.74. The number of ether oxygens (including phenoxy) is 1. The number of anilines is 2. The van der Waals surface area contributed by atoms with E-state index in [1.54, 1.807) is 24.4 Å². The number of rotatable bonds is 3. The second-order valence-electron chi connectivity index (χ2n) is 9.79. The summed E-state index contributed by atoms with van der Waals surface area (Å²) in [4.78, 5) is 45.5. The van der Waals surface area contributed by atoms with Gasteiger partial charge in [-0.05, 0) is 73.6 Å². The molecule has 3 aromatic rings. The van der Waals surface area contributed by atoms with Gasteiger partial charge in [-0.25, -0.2) is 9.78 Å². The predicted molar refractivity (Wildman–Crippen MR) is 148 cm³/mol. The van der Waals surface area contributed by atoms with Crippen LogP contribution >= 0.6 is 0 Å². The Labute approximate surface area is 226 Å². The molecule has 2 bridgehead atoms. The van der Waals surface area contributed by atoms with E-state index in [0.29, 0.717) is 46.9 Å². The van der Waals surface area contributed by atoms with Gasteiger partial charge in [0, 0.05) is 29.3 Å². The zero-order chi connectivity index (χ0) is 27.4. The number of nitrogens with zero attached hydrogens (tertiary/aromatic N) is 1. The third kappa shape index (κ3) is 6.01. The van der Waals surface area contributed by atoms with Gasteiger partial charge in [-0.1, -0.05) is 18.2 Å². The Balaban J connectivity index is 1.43. The summed E-state index contributed by atoms with van der Waals surface area (Å²) < 4.78 is 4.67. The van der Waals surface area contributed by atoms with E-state index < -0.39 is 12.1 Å². The van der Waals surface area contributed by atoms with Crippen molar-refractivity contribution >= 4 is 29.3 Å². The van der Waals surface area contributed by atoms with Crippen molar-refractivity contribution in [1.29, 1.82) is 0 Å². The number of aromatic nitrogens is 2. The van der Waals surface area contributed by atoms with Crippen LogP contribution in [0.3, 0.4) is 0 Å². The molecule has 0 radical (unpaired) electrons. The number of imidazole rings is 1. The molecule has 0 saturated carbocycles. The molecule has 1 aliphatic carbocycles. The molecule has 2 atom stereocenters. The topological polar surface area (TPSA) is 151 Å². The maximum Gasteiger partial charge on any atom is 0.411 e. The normalized spacial score (nSPS) is 19.6. The van der Waals surface area contributed by atoms with Crippen molar-refractivity contribution in [2.45, 2.75) is 50.6 Å². The zero-order valence-corrected chi connectivity index (χ0v) is 21.8. The number of H-pyrrole nitrogens is 1. The van der Waals surface area contributed by atoms with E-state index in [4.69, 9.17) is 5.73 Å². The number of benzene rings is 2. The fourth-order valence-electron chi connectivity index (χ4n) is 5.03. The second-order valence-corrected chi connectivity index (χ2v) is 9.79. The third-order valence-corrected chi connectivity index (χ3v) is 7.09. The molecule has 3 amide bonds. The van der Waals surface area contributed by atoms with Crippen LogP contribution < -0.4 is 21.7 Å². The molecule has 1 aromatic heterocycles. The van der Waals surface area contributed by atoms with Crippen molar-refractivity contribution in [2.75, 3.05) is 17.7 Å². The van der Waals surface area contributed by atoms with Crippen LogP contribution in [0.15, 0.2) is 54.7 Å². The van der Waals surface area contributed by atoms with Gasteiger partial charge < -0.3 is 26.1 Å². The Morgan fingerprint density at radius 3 is 2.85 bits per heavy atom. The lowest BCUT2D eigenvalue weighted by Crippen LogP contribution is -2.29. The molecule has 10 heteroatoms. The molecule has 2 aromatic carbocycles. The number of nitrogens with one attached hydrogen (secondary N) is 4. The van der Waals surface area contributed by atoms with Gasteiger partial charge in [-0.15, -0.1) is 0 Å². The number of amides is 3. The van der Waals surface area contributed by atoms with Crippen LogP contribution in [-0.4, -0.2) is 35.0 Å². The molecule has 0 spiro atoms. The van der Waals surface area contributed by atoms with Crippen LogP contribution in [-0.2, 0) is 16.0 Å². The van der Waals surface area contributed by atoms with E-state index >= 15 is 0 Å². The van der Waals surface area contributed by atoms with Gasteiger partial charge in [0.1, 0.15) is 5.82 Å². The molecule has 0 fully saturated rings. The number of methoxy groups -OCH3 is 1. The van der Waals surface area contributed by atoms with Gasteiger partial charge in [0.05, 0.1) is 30.7 Å². The monoisotopic (exact) mass is 528 g/mol. The first-order valence-electron chi connectivity index (χ1n) is 13.1. The van der Waals surface area contributed by atoms with E-state index in [-0.39, 0.29) is 24.3 Å². The number of allylic oxidation sites excluding steroid dienone is 1. The van der Waals surface area contributed by atoms with Crippen LogP contribution in [0.2, 0.25) is 0 Å². The molecule has 2 heterocycles. The van der Waals surface area contributed by atoms with Crippen LogP contribution in [0.1, 0.15) is 71.5 Å². The molecule has 0 saturated heterocycles. The minimum absolute atomic E-state index is 0.0181. The highest BCUT2D eigenvalue weighted by molar-refractivity contribution is 5.97. The van der Waals surface area contributed by atoms with Crippen LogP contribution in [0.4, 0.5) is 16.2 Å². The van der Waals surface area contributed by atoms with Crippen molar-refractivity contribution in [2.24, 2.45) is 5.73 Å². The van der Waals surface area contributed by atoms with Gasteiger partial charge in [0.2, 0.25) is 5.91 Å². The molecule has 39 heavy (non-hydrogen) atoms. The lowest BCUT2D eigenvalue weighted by atomic mass is 9.87. The molecular weight excluding hydrogens is 496 g/mol. The van der Waals surface area contributed by atoms with Crippen molar-refractivity contribution in [3.63, 3.8) is 0 Å². The van der Waals surface area contributed by atoms with Crippen LogP contribution in [0.5, 0.6) is 0 Å². The second kappa shape index (κ2) is 11.5. The summed E-state index contributed by atoms with van der Waals surface area (Å²) in [5.74, 6) is 0.247. The van der Waals surface area contributed by atoms with Crippen molar-refractivity contribution in [3.05, 3.63) is 77.3 Å². The first-order chi connectivity index (χ1) is 18.9.